The highest BCUT2D eigenvalue weighted by molar-refractivity contribution is 6.33. The van der Waals surface area contributed by atoms with Crippen molar-refractivity contribution < 1.29 is 13.2 Å². The van der Waals surface area contributed by atoms with E-state index < -0.39 is 12.7 Å². The second kappa shape index (κ2) is 7.22. The van der Waals surface area contributed by atoms with Crippen LogP contribution >= 0.6 is 11.6 Å². The third kappa shape index (κ3) is 3.59. The van der Waals surface area contributed by atoms with Gasteiger partial charge in [0.2, 0.25) is 0 Å². The van der Waals surface area contributed by atoms with Crippen LogP contribution < -0.4 is 4.48 Å². The molecule has 1 fully saturated rings. The van der Waals surface area contributed by atoms with E-state index in [1.54, 1.807) is 0 Å². The Morgan fingerprint density at radius 3 is 2.54 bits per heavy atom. The van der Waals surface area contributed by atoms with Gasteiger partial charge in [0.05, 0.1) is 12.7 Å². The van der Waals surface area contributed by atoms with Gasteiger partial charge in [0, 0.05) is 37.8 Å². The van der Waals surface area contributed by atoms with E-state index in [4.69, 9.17) is 11.6 Å². The first-order chi connectivity index (χ1) is 13.3. The third-order valence-corrected chi connectivity index (χ3v) is 5.84. The Balaban J connectivity index is 1.55. The van der Waals surface area contributed by atoms with Crippen LogP contribution in [0.15, 0.2) is 54.5 Å². The molecule has 0 bridgehead atoms. The van der Waals surface area contributed by atoms with Gasteiger partial charge in [-0.25, -0.2) is 9.49 Å². The van der Waals surface area contributed by atoms with Crippen LogP contribution in [-0.2, 0) is 0 Å². The van der Waals surface area contributed by atoms with Gasteiger partial charge in [0.1, 0.15) is 11.2 Å². The Labute approximate surface area is 167 Å². The van der Waals surface area contributed by atoms with Crippen molar-refractivity contribution in [2.45, 2.75) is 13.1 Å². The summed E-state index contributed by atoms with van der Waals surface area (Å²) in [5, 5.41) is 4.97. The lowest BCUT2D eigenvalue weighted by atomic mass is 10.1. The Morgan fingerprint density at radius 2 is 1.86 bits per heavy atom. The second-order valence-electron chi connectivity index (χ2n) is 7.45. The molecule has 150 valence electrons. The van der Waals surface area contributed by atoms with Crippen molar-refractivity contribution in [1.29, 1.82) is 0 Å². The van der Waals surface area contributed by atoms with E-state index in [0.717, 1.165) is 16.9 Å². The van der Waals surface area contributed by atoms with Crippen molar-refractivity contribution in [2.75, 3.05) is 39.4 Å². The Hall–Kier alpha value is -1.80. The third-order valence-electron chi connectivity index (χ3n) is 5.53. The van der Waals surface area contributed by atoms with Crippen LogP contribution in [0.2, 0.25) is 5.02 Å². The quantitative estimate of drug-likeness (QED) is 0.688. The Morgan fingerprint density at radius 1 is 1.11 bits per heavy atom. The lowest BCUT2D eigenvalue weighted by Crippen LogP contribution is -2.56. The smallest absolute Gasteiger partial charge is 0.292 e. The lowest BCUT2D eigenvalue weighted by molar-refractivity contribution is -0.153. The van der Waals surface area contributed by atoms with Gasteiger partial charge in [-0.15, -0.1) is 0 Å². The number of aryl methyl sites for hydroxylation is 1. The summed E-state index contributed by atoms with van der Waals surface area (Å²) in [7, 11) is 0. The minimum Gasteiger partial charge on any atom is -0.292 e. The summed E-state index contributed by atoms with van der Waals surface area (Å²) in [5.41, 5.74) is 3.24. The molecule has 8 heteroatoms. The number of para-hydroxylation sites is 1. The zero-order valence-corrected chi connectivity index (χ0v) is 16.4. The molecule has 3 aliphatic rings. The van der Waals surface area contributed by atoms with Crippen LogP contribution in [0, 0.1) is 6.92 Å². The molecule has 0 radical (unpaired) electrons. The first kappa shape index (κ1) is 19.5. The Kier molecular flexibility index (Phi) is 5.03. The molecular weight excluding hydrogens is 389 g/mol. The molecule has 0 amide bonds. The van der Waals surface area contributed by atoms with E-state index in [9.17, 15) is 13.2 Å². The van der Waals surface area contributed by atoms with E-state index in [1.807, 2.05) is 24.3 Å². The fourth-order valence-corrected chi connectivity index (χ4v) is 4.62. The highest BCUT2D eigenvalue weighted by atomic mass is 35.5. The number of fused-ring (bicyclic) bond motifs is 1. The fraction of sp³-hybridized carbons (Fsp3) is 0.400. The molecule has 0 N–H and O–H groups in total. The van der Waals surface area contributed by atoms with Crippen molar-refractivity contribution in [3.05, 3.63) is 65.1 Å². The number of alkyl halides is 3. The SMILES string of the molecule is Cc1cccc(Cl)c1[N+]12C=CC=CC1=CN(N1CCN(CC(F)(F)F)CC1)C2. The second-order valence-corrected chi connectivity index (χ2v) is 7.86. The zero-order chi connectivity index (χ0) is 19.9. The monoisotopic (exact) mass is 411 g/mol. The Bertz CT molecular complexity index is 820. The van der Waals surface area contributed by atoms with Crippen LogP contribution in [0.3, 0.4) is 0 Å². The molecule has 3 aliphatic heterocycles. The van der Waals surface area contributed by atoms with Gasteiger partial charge in [-0.3, -0.25) is 9.91 Å². The molecule has 1 saturated heterocycles. The molecule has 0 saturated carbocycles. The molecule has 4 rings (SSSR count). The number of halogens is 4. The van der Waals surface area contributed by atoms with Gasteiger partial charge in [-0.05, 0) is 19.1 Å². The van der Waals surface area contributed by atoms with Crippen LogP contribution in [0.4, 0.5) is 18.9 Å². The van der Waals surface area contributed by atoms with E-state index in [2.05, 4.69) is 41.5 Å². The summed E-state index contributed by atoms with van der Waals surface area (Å²) in [6.07, 6.45) is 6.15. The van der Waals surface area contributed by atoms with Crippen molar-refractivity contribution in [3.63, 3.8) is 0 Å². The molecule has 1 atom stereocenters. The molecule has 1 aromatic rings. The zero-order valence-electron chi connectivity index (χ0n) is 15.7. The molecule has 4 nitrogen and oxygen atoms in total. The minimum absolute atomic E-state index is 0.399. The predicted octanol–water partition coefficient (Wildman–Crippen LogP) is 4.25. The van der Waals surface area contributed by atoms with Crippen molar-refractivity contribution in [1.82, 2.24) is 19.4 Å². The number of quaternary nitrogens is 1. The van der Waals surface area contributed by atoms with Crippen molar-refractivity contribution >= 4 is 17.3 Å². The van der Waals surface area contributed by atoms with Crippen molar-refractivity contribution in [3.8, 4) is 0 Å². The molecule has 0 aliphatic carbocycles. The maximum Gasteiger partial charge on any atom is 0.401 e. The summed E-state index contributed by atoms with van der Waals surface area (Å²) in [5.74, 6) is 0. The highest BCUT2D eigenvalue weighted by Gasteiger charge is 2.45. The molecular formula is C20H23ClF3N4+. The number of nitrogens with zero attached hydrogens (tertiary/aromatic N) is 4. The highest BCUT2D eigenvalue weighted by Crippen LogP contribution is 2.43. The number of rotatable bonds is 3. The number of hydrogen-bond donors (Lipinski definition) is 0. The standard InChI is InChI=1S/C20H23ClF3N4/c1-16-5-4-7-18(21)19(16)28-12-3-2-6-17(28)13-27(15-28)26-10-8-25(9-11-26)14-20(22,23)24/h2-7,12-13H,8-11,14-15H2,1H3/q+1. The summed E-state index contributed by atoms with van der Waals surface area (Å²) >= 11 is 6.59. The number of piperazine rings is 1. The predicted molar refractivity (Wildman–Crippen MR) is 105 cm³/mol. The average molecular weight is 412 g/mol. The first-order valence-corrected chi connectivity index (χ1v) is 9.69. The summed E-state index contributed by atoms with van der Waals surface area (Å²) in [6, 6.07) is 5.90. The normalized spacial score (nSPS) is 25.9. The van der Waals surface area contributed by atoms with Gasteiger partial charge in [-0.1, -0.05) is 29.8 Å². The van der Waals surface area contributed by atoms with Gasteiger partial charge in [0.15, 0.2) is 18.1 Å². The van der Waals surface area contributed by atoms with Crippen LogP contribution in [0.5, 0.6) is 0 Å². The maximum atomic E-state index is 12.6. The summed E-state index contributed by atoms with van der Waals surface area (Å²) in [6.45, 7) is 3.78. The summed E-state index contributed by atoms with van der Waals surface area (Å²) in [4.78, 5) is 1.47. The molecule has 3 heterocycles. The van der Waals surface area contributed by atoms with E-state index in [0.29, 0.717) is 42.4 Å². The van der Waals surface area contributed by atoms with Crippen LogP contribution in [-0.4, -0.2) is 60.5 Å². The molecule has 0 aromatic heterocycles. The summed E-state index contributed by atoms with van der Waals surface area (Å²) < 4.78 is 38.4. The molecule has 1 unspecified atom stereocenters. The lowest BCUT2D eigenvalue weighted by Gasteiger charge is -2.40. The largest absolute Gasteiger partial charge is 0.401 e. The topological polar surface area (TPSA) is 9.72 Å². The van der Waals surface area contributed by atoms with Crippen molar-refractivity contribution in [2.24, 2.45) is 0 Å². The van der Waals surface area contributed by atoms with Gasteiger partial charge < -0.3 is 0 Å². The molecule has 28 heavy (non-hydrogen) atoms. The van der Waals surface area contributed by atoms with E-state index in [1.165, 1.54) is 4.90 Å². The molecule has 0 spiro atoms. The van der Waals surface area contributed by atoms with Crippen LogP contribution in [0.25, 0.3) is 0 Å². The maximum absolute atomic E-state index is 12.6. The van der Waals surface area contributed by atoms with Crippen LogP contribution in [0.1, 0.15) is 5.56 Å². The number of hydrazine groups is 1. The number of allylic oxidation sites excluding steroid dienone is 3. The van der Waals surface area contributed by atoms with E-state index in [-0.39, 0.29) is 0 Å². The molecule has 1 aromatic carbocycles. The van der Waals surface area contributed by atoms with Gasteiger partial charge in [-0.2, -0.15) is 13.2 Å². The van der Waals surface area contributed by atoms with E-state index >= 15 is 0 Å². The first-order valence-electron chi connectivity index (χ1n) is 9.31. The number of hydrogen-bond acceptors (Lipinski definition) is 3. The minimum atomic E-state index is -4.15. The average Bonchev–Trinajstić information content (AvgIpc) is 3.01. The fourth-order valence-electron chi connectivity index (χ4n) is 4.25. The van der Waals surface area contributed by atoms with Gasteiger partial charge in [0.25, 0.3) is 0 Å². The van der Waals surface area contributed by atoms with Gasteiger partial charge >= 0.3 is 6.18 Å². The number of benzene rings is 1.